The average molecular weight is 210 g/mol. The van der Waals surface area contributed by atoms with Crippen LogP contribution in [0, 0.1) is 6.92 Å². The SMILES string of the molecule is [CH2]c1ccc(NS(=O)(=O)C2CC2)cc1. The van der Waals surface area contributed by atoms with Crippen LogP contribution in [0.2, 0.25) is 0 Å². The summed E-state index contributed by atoms with van der Waals surface area (Å²) in [7, 11) is -3.12. The summed E-state index contributed by atoms with van der Waals surface area (Å²) in [5.41, 5.74) is 1.49. The zero-order valence-electron chi connectivity index (χ0n) is 7.73. The lowest BCUT2D eigenvalue weighted by Gasteiger charge is -2.06. The molecule has 0 spiro atoms. The minimum absolute atomic E-state index is 0.179. The van der Waals surface area contributed by atoms with Crippen molar-refractivity contribution in [1.82, 2.24) is 0 Å². The van der Waals surface area contributed by atoms with Crippen LogP contribution in [0.5, 0.6) is 0 Å². The summed E-state index contributed by atoms with van der Waals surface area (Å²) in [4.78, 5) is 0. The van der Waals surface area contributed by atoms with E-state index < -0.39 is 10.0 Å². The molecular weight excluding hydrogens is 198 g/mol. The molecule has 1 aliphatic rings. The Hall–Kier alpha value is -1.03. The molecule has 0 aromatic heterocycles. The van der Waals surface area contributed by atoms with Gasteiger partial charge < -0.3 is 0 Å². The summed E-state index contributed by atoms with van der Waals surface area (Å²) < 4.78 is 25.6. The molecule has 0 aliphatic heterocycles. The van der Waals surface area contributed by atoms with E-state index in [4.69, 9.17) is 0 Å². The molecule has 1 aromatic carbocycles. The van der Waals surface area contributed by atoms with Gasteiger partial charge in [0.05, 0.1) is 5.25 Å². The predicted molar refractivity (Wildman–Crippen MR) is 56.5 cm³/mol. The number of nitrogens with one attached hydrogen (secondary N) is 1. The largest absolute Gasteiger partial charge is 0.283 e. The van der Waals surface area contributed by atoms with Crippen LogP contribution in [0.15, 0.2) is 24.3 Å². The van der Waals surface area contributed by atoms with Crippen molar-refractivity contribution < 1.29 is 8.42 Å². The molecule has 0 bridgehead atoms. The quantitative estimate of drug-likeness (QED) is 0.826. The van der Waals surface area contributed by atoms with Crippen molar-refractivity contribution >= 4 is 15.7 Å². The monoisotopic (exact) mass is 210 g/mol. The zero-order chi connectivity index (χ0) is 10.2. The van der Waals surface area contributed by atoms with Crippen LogP contribution in [0.4, 0.5) is 5.69 Å². The summed E-state index contributed by atoms with van der Waals surface area (Å²) in [6.07, 6.45) is 1.56. The molecular formula is C10H12NO2S. The molecule has 0 unspecified atom stereocenters. The van der Waals surface area contributed by atoms with Crippen molar-refractivity contribution in [3.63, 3.8) is 0 Å². The first-order chi connectivity index (χ1) is 6.58. The van der Waals surface area contributed by atoms with Gasteiger partial charge >= 0.3 is 0 Å². The Morgan fingerprint density at radius 3 is 2.29 bits per heavy atom. The molecule has 1 N–H and O–H groups in total. The topological polar surface area (TPSA) is 46.2 Å². The van der Waals surface area contributed by atoms with E-state index in [1.54, 1.807) is 24.3 Å². The van der Waals surface area contributed by atoms with E-state index in [1.165, 1.54) is 0 Å². The van der Waals surface area contributed by atoms with Crippen LogP contribution in [0.3, 0.4) is 0 Å². The number of anilines is 1. The van der Waals surface area contributed by atoms with E-state index in [2.05, 4.69) is 11.6 Å². The molecule has 1 aliphatic carbocycles. The minimum atomic E-state index is -3.12. The standard InChI is InChI=1S/C10H12NO2S/c1-8-2-4-9(5-3-8)11-14(12,13)10-6-7-10/h2-5,10-11H,1,6-7H2. The molecule has 14 heavy (non-hydrogen) atoms. The minimum Gasteiger partial charge on any atom is -0.283 e. The second kappa shape index (κ2) is 3.28. The second-order valence-electron chi connectivity index (χ2n) is 3.54. The maximum Gasteiger partial charge on any atom is 0.235 e. The van der Waals surface area contributed by atoms with Gasteiger partial charge in [0.2, 0.25) is 10.0 Å². The summed E-state index contributed by atoms with van der Waals surface area (Å²) in [6.45, 7) is 3.73. The fourth-order valence-electron chi connectivity index (χ4n) is 1.20. The molecule has 3 nitrogen and oxygen atoms in total. The van der Waals surface area contributed by atoms with Crippen LogP contribution in [-0.2, 0) is 10.0 Å². The van der Waals surface area contributed by atoms with Crippen molar-refractivity contribution in [3.8, 4) is 0 Å². The van der Waals surface area contributed by atoms with Gasteiger partial charge in [-0.3, -0.25) is 4.72 Å². The molecule has 4 heteroatoms. The summed E-state index contributed by atoms with van der Waals surface area (Å²) in [5, 5.41) is -0.179. The first-order valence-electron chi connectivity index (χ1n) is 4.51. The molecule has 1 fully saturated rings. The molecule has 0 atom stereocenters. The van der Waals surface area contributed by atoms with Crippen LogP contribution >= 0.6 is 0 Å². The van der Waals surface area contributed by atoms with Gasteiger partial charge in [0.25, 0.3) is 0 Å². The molecule has 2 rings (SSSR count). The van der Waals surface area contributed by atoms with Crippen molar-refractivity contribution in [2.45, 2.75) is 18.1 Å². The fourth-order valence-corrected chi connectivity index (χ4v) is 2.59. The lowest BCUT2D eigenvalue weighted by molar-refractivity contribution is 0.600. The van der Waals surface area contributed by atoms with Crippen LogP contribution in [0.1, 0.15) is 18.4 Å². The van der Waals surface area contributed by atoms with E-state index in [9.17, 15) is 8.42 Å². The van der Waals surface area contributed by atoms with Crippen LogP contribution in [-0.4, -0.2) is 13.7 Å². The van der Waals surface area contributed by atoms with Gasteiger partial charge in [0, 0.05) is 5.69 Å². The first kappa shape index (κ1) is 9.52. The molecule has 1 aromatic rings. The van der Waals surface area contributed by atoms with Crippen LogP contribution < -0.4 is 4.72 Å². The summed E-state index contributed by atoms with van der Waals surface area (Å²) in [6, 6.07) is 7.01. The Bertz CT molecular complexity index is 418. The molecule has 0 amide bonds. The highest BCUT2D eigenvalue weighted by molar-refractivity contribution is 7.93. The Kier molecular flexibility index (Phi) is 2.23. The zero-order valence-corrected chi connectivity index (χ0v) is 8.55. The van der Waals surface area contributed by atoms with Gasteiger partial charge in [-0.05, 0) is 37.5 Å². The number of hydrogen-bond donors (Lipinski definition) is 1. The molecule has 75 valence electrons. The molecule has 0 heterocycles. The van der Waals surface area contributed by atoms with Gasteiger partial charge in [-0.15, -0.1) is 0 Å². The number of hydrogen-bond acceptors (Lipinski definition) is 2. The third kappa shape index (κ3) is 2.07. The summed E-state index contributed by atoms with van der Waals surface area (Å²) in [5.74, 6) is 0. The highest BCUT2D eigenvalue weighted by atomic mass is 32.2. The highest BCUT2D eigenvalue weighted by Crippen LogP contribution is 2.29. The number of rotatable bonds is 3. The molecule has 1 radical (unpaired) electrons. The predicted octanol–water partition coefficient (Wildman–Crippen LogP) is 1.77. The van der Waals surface area contributed by atoms with Crippen LogP contribution in [0.25, 0.3) is 0 Å². The Labute approximate surface area is 84.2 Å². The third-order valence-corrected chi connectivity index (χ3v) is 4.05. The maximum absolute atomic E-state index is 11.5. The molecule has 0 saturated heterocycles. The van der Waals surface area contributed by atoms with Gasteiger partial charge in [0.15, 0.2) is 0 Å². The van der Waals surface area contributed by atoms with Gasteiger partial charge in [-0.25, -0.2) is 8.42 Å². The Morgan fingerprint density at radius 2 is 1.79 bits per heavy atom. The molecule has 1 saturated carbocycles. The van der Waals surface area contributed by atoms with E-state index in [0.717, 1.165) is 18.4 Å². The van der Waals surface area contributed by atoms with Crippen molar-refractivity contribution in [3.05, 3.63) is 36.8 Å². The average Bonchev–Trinajstić information content (AvgIpc) is 2.91. The van der Waals surface area contributed by atoms with E-state index >= 15 is 0 Å². The smallest absolute Gasteiger partial charge is 0.235 e. The van der Waals surface area contributed by atoms with E-state index in [-0.39, 0.29) is 5.25 Å². The van der Waals surface area contributed by atoms with Crippen molar-refractivity contribution in [2.24, 2.45) is 0 Å². The second-order valence-corrected chi connectivity index (χ2v) is 5.50. The van der Waals surface area contributed by atoms with Crippen molar-refractivity contribution in [2.75, 3.05) is 4.72 Å². The number of benzene rings is 1. The number of sulfonamides is 1. The van der Waals surface area contributed by atoms with Gasteiger partial charge in [-0.1, -0.05) is 12.1 Å². The highest BCUT2D eigenvalue weighted by Gasteiger charge is 2.35. The fraction of sp³-hybridized carbons (Fsp3) is 0.300. The third-order valence-electron chi connectivity index (χ3n) is 2.18. The first-order valence-corrected chi connectivity index (χ1v) is 6.06. The lowest BCUT2D eigenvalue weighted by Crippen LogP contribution is -2.17. The van der Waals surface area contributed by atoms with Gasteiger partial charge in [0.1, 0.15) is 0 Å². The summed E-state index contributed by atoms with van der Waals surface area (Å²) >= 11 is 0. The van der Waals surface area contributed by atoms with Crippen molar-refractivity contribution in [1.29, 1.82) is 0 Å². The Balaban J connectivity index is 2.14. The van der Waals surface area contributed by atoms with E-state index in [0.29, 0.717) is 5.69 Å². The van der Waals surface area contributed by atoms with E-state index in [1.807, 2.05) is 0 Å². The van der Waals surface area contributed by atoms with Gasteiger partial charge in [-0.2, -0.15) is 0 Å². The normalized spacial score (nSPS) is 16.6. The lowest BCUT2D eigenvalue weighted by atomic mass is 10.2. The maximum atomic E-state index is 11.5. The Morgan fingerprint density at radius 1 is 1.21 bits per heavy atom.